The second-order valence-corrected chi connectivity index (χ2v) is 6.59. The van der Waals surface area contributed by atoms with Gasteiger partial charge in [0.1, 0.15) is 5.60 Å². The fourth-order valence-corrected chi connectivity index (χ4v) is 2.20. The van der Waals surface area contributed by atoms with Crippen LogP contribution in [-0.2, 0) is 16.0 Å². The average molecular weight is 323 g/mol. The smallest absolute Gasteiger partial charge is 0.307 e. The number of esters is 1. The topological polar surface area (TPSA) is 56.8 Å². The van der Waals surface area contributed by atoms with Crippen molar-refractivity contribution in [3.8, 4) is 11.5 Å². The van der Waals surface area contributed by atoms with Crippen LogP contribution in [0.15, 0.2) is 18.2 Å². The number of hydrogen-bond donors (Lipinski definition) is 1. The molecule has 1 rings (SSSR count). The first kappa shape index (κ1) is 19.3. The van der Waals surface area contributed by atoms with E-state index in [0.29, 0.717) is 6.42 Å². The van der Waals surface area contributed by atoms with Crippen LogP contribution >= 0.6 is 0 Å². The lowest BCUT2D eigenvalue weighted by Gasteiger charge is -2.21. The number of hydrogen-bond acceptors (Lipinski definition) is 5. The van der Waals surface area contributed by atoms with Crippen LogP contribution in [0.3, 0.4) is 0 Å². The summed E-state index contributed by atoms with van der Waals surface area (Å²) in [5, 5.41) is 3.34. The maximum atomic E-state index is 11.8. The molecule has 0 amide bonds. The quantitative estimate of drug-likeness (QED) is 0.745. The Bertz CT molecular complexity index is 508. The van der Waals surface area contributed by atoms with E-state index in [1.807, 2.05) is 45.9 Å². The average Bonchev–Trinajstić information content (AvgIpc) is 2.44. The van der Waals surface area contributed by atoms with Gasteiger partial charge in [-0.1, -0.05) is 6.07 Å². The lowest BCUT2D eigenvalue weighted by molar-refractivity contribution is -0.155. The van der Waals surface area contributed by atoms with E-state index in [2.05, 4.69) is 5.32 Å². The number of carbonyl (C=O) groups excluding carboxylic acids is 1. The Kier molecular flexibility index (Phi) is 7.36. The van der Waals surface area contributed by atoms with Crippen LogP contribution in [0.4, 0.5) is 0 Å². The van der Waals surface area contributed by atoms with Gasteiger partial charge in [-0.2, -0.15) is 0 Å². The van der Waals surface area contributed by atoms with Crippen molar-refractivity contribution in [3.63, 3.8) is 0 Å². The van der Waals surface area contributed by atoms with Gasteiger partial charge in [0.25, 0.3) is 0 Å². The monoisotopic (exact) mass is 323 g/mol. The molecule has 1 aromatic rings. The Labute approximate surface area is 139 Å². The Morgan fingerprint density at radius 3 is 2.39 bits per heavy atom. The molecule has 0 fully saturated rings. The van der Waals surface area contributed by atoms with Crippen LogP contribution in [0, 0.1) is 0 Å². The molecule has 0 aromatic heterocycles. The summed E-state index contributed by atoms with van der Waals surface area (Å²) in [5.74, 6) is 1.28. The van der Waals surface area contributed by atoms with E-state index in [-0.39, 0.29) is 12.0 Å². The third-order valence-corrected chi connectivity index (χ3v) is 3.25. The van der Waals surface area contributed by atoms with Gasteiger partial charge in [0.2, 0.25) is 0 Å². The molecule has 0 aliphatic heterocycles. The lowest BCUT2D eigenvalue weighted by Crippen LogP contribution is -2.33. The summed E-state index contributed by atoms with van der Waals surface area (Å²) in [5.41, 5.74) is 0.718. The highest BCUT2D eigenvalue weighted by Crippen LogP contribution is 2.27. The standard InChI is InChI=1S/C18H29NO4/c1-13(11-17(20)23-18(2,3)4)19-10-9-14-7-8-15(21-5)16(12-14)22-6/h7-8,12-13,19H,9-11H2,1-6H3/t13-/m1/s1. The van der Waals surface area contributed by atoms with Crippen LogP contribution in [0.5, 0.6) is 11.5 Å². The molecule has 0 saturated heterocycles. The number of carbonyl (C=O) groups is 1. The maximum absolute atomic E-state index is 11.8. The zero-order valence-corrected chi connectivity index (χ0v) is 15.1. The Morgan fingerprint density at radius 2 is 1.83 bits per heavy atom. The van der Waals surface area contributed by atoms with Gasteiger partial charge in [-0.15, -0.1) is 0 Å². The molecule has 130 valence electrons. The van der Waals surface area contributed by atoms with Crippen molar-refractivity contribution in [2.75, 3.05) is 20.8 Å². The maximum Gasteiger partial charge on any atom is 0.307 e. The molecule has 0 aliphatic rings. The van der Waals surface area contributed by atoms with Crippen molar-refractivity contribution < 1.29 is 19.0 Å². The molecule has 1 aromatic carbocycles. The van der Waals surface area contributed by atoms with E-state index < -0.39 is 5.60 Å². The predicted molar refractivity (Wildman–Crippen MR) is 91.2 cm³/mol. The van der Waals surface area contributed by atoms with Gasteiger partial charge in [0, 0.05) is 6.04 Å². The number of benzene rings is 1. The van der Waals surface area contributed by atoms with Crippen molar-refractivity contribution >= 4 is 5.97 Å². The summed E-state index contributed by atoms with van der Waals surface area (Å²) in [6, 6.07) is 5.96. The summed E-state index contributed by atoms with van der Waals surface area (Å²) in [6.07, 6.45) is 1.21. The summed E-state index contributed by atoms with van der Waals surface area (Å²) in [6.45, 7) is 8.39. The third-order valence-electron chi connectivity index (χ3n) is 3.25. The fourth-order valence-electron chi connectivity index (χ4n) is 2.20. The molecule has 0 saturated carbocycles. The largest absolute Gasteiger partial charge is 0.493 e. The van der Waals surface area contributed by atoms with Crippen LogP contribution < -0.4 is 14.8 Å². The minimum absolute atomic E-state index is 0.0741. The van der Waals surface area contributed by atoms with Crippen LogP contribution in [0.1, 0.15) is 39.7 Å². The molecule has 5 heteroatoms. The van der Waals surface area contributed by atoms with Crippen LogP contribution in [-0.4, -0.2) is 38.4 Å². The van der Waals surface area contributed by atoms with Crippen molar-refractivity contribution in [1.29, 1.82) is 0 Å². The van der Waals surface area contributed by atoms with Crippen molar-refractivity contribution in [1.82, 2.24) is 5.32 Å². The molecule has 1 atom stereocenters. The molecular weight excluding hydrogens is 294 g/mol. The van der Waals surface area contributed by atoms with Gasteiger partial charge < -0.3 is 19.5 Å². The third kappa shape index (κ3) is 7.37. The summed E-state index contributed by atoms with van der Waals surface area (Å²) in [4.78, 5) is 11.8. The Balaban J connectivity index is 2.40. The van der Waals surface area contributed by atoms with E-state index in [1.165, 1.54) is 0 Å². The van der Waals surface area contributed by atoms with Crippen LogP contribution in [0.2, 0.25) is 0 Å². The second kappa shape index (κ2) is 8.77. The first-order valence-corrected chi connectivity index (χ1v) is 7.91. The van der Waals surface area contributed by atoms with E-state index in [1.54, 1.807) is 14.2 Å². The normalized spacial score (nSPS) is 12.6. The Hall–Kier alpha value is -1.75. The molecule has 0 unspecified atom stereocenters. The number of nitrogens with one attached hydrogen (secondary N) is 1. The fraction of sp³-hybridized carbons (Fsp3) is 0.611. The van der Waals surface area contributed by atoms with Crippen molar-refractivity contribution in [3.05, 3.63) is 23.8 Å². The minimum Gasteiger partial charge on any atom is -0.493 e. The number of rotatable bonds is 8. The number of methoxy groups -OCH3 is 2. The molecule has 0 spiro atoms. The zero-order valence-electron chi connectivity index (χ0n) is 15.1. The van der Waals surface area contributed by atoms with Gasteiger partial charge in [0.15, 0.2) is 11.5 Å². The zero-order chi connectivity index (χ0) is 17.5. The van der Waals surface area contributed by atoms with Gasteiger partial charge in [-0.25, -0.2) is 0 Å². The van der Waals surface area contributed by atoms with Crippen molar-refractivity contribution in [2.24, 2.45) is 0 Å². The predicted octanol–water partition coefficient (Wildman–Crippen LogP) is 2.96. The first-order valence-electron chi connectivity index (χ1n) is 7.91. The van der Waals surface area contributed by atoms with E-state index in [4.69, 9.17) is 14.2 Å². The molecule has 0 radical (unpaired) electrons. The van der Waals surface area contributed by atoms with Gasteiger partial charge >= 0.3 is 5.97 Å². The molecular formula is C18H29NO4. The van der Waals surface area contributed by atoms with Gasteiger partial charge in [-0.05, 0) is 58.4 Å². The van der Waals surface area contributed by atoms with Crippen LogP contribution in [0.25, 0.3) is 0 Å². The highest BCUT2D eigenvalue weighted by Gasteiger charge is 2.18. The highest BCUT2D eigenvalue weighted by molar-refractivity contribution is 5.70. The second-order valence-electron chi connectivity index (χ2n) is 6.59. The summed E-state index contributed by atoms with van der Waals surface area (Å²) >= 11 is 0. The van der Waals surface area contributed by atoms with Gasteiger partial charge in [0.05, 0.1) is 20.6 Å². The molecule has 0 aliphatic carbocycles. The van der Waals surface area contributed by atoms with Gasteiger partial charge in [-0.3, -0.25) is 4.79 Å². The SMILES string of the molecule is COc1ccc(CCN[C@H](C)CC(=O)OC(C)(C)C)cc1OC. The van der Waals surface area contributed by atoms with E-state index >= 15 is 0 Å². The van der Waals surface area contributed by atoms with E-state index in [0.717, 1.165) is 30.0 Å². The van der Waals surface area contributed by atoms with Crippen molar-refractivity contribution in [2.45, 2.75) is 52.2 Å². The lowest BCUT2D eigenvalue weighted by atomic mass is 10.1. The molecule has 5 nitrogen and oxygen atoms in total. The molecule has 23 heavy (non-hydrogen) atoms. The summed E-state index contributed by atoms with van der Waals surface area (Å²) < 4.78 is 15.8. The molecule has 0 heterocycles. The van der Waals surface area contributed by atoms with E-state index in [9.17, 15) is 4.79 Å². The first-order chi connectivity index (χ1) is 10.7. The molecule has 1 N–H and O–H groups in total. The summed E-state index contributed by atoms with van der Waals surface area (Å²) in [7, 11) is 3.25. The molecule has 0 bridgehead atoms. The minimum atomic E-state index is -0.434. The number of ether oxygens (including phenoxy) is 3. The Morgan fingerprint density at radius 1 is 1.17 bits per heavy atom. The highest BCUT2D eigenvalue weighted by atomic mass is 16.6.